The van der Waals surface area contributed by atoms with Gasteiger partial charge in [0.2, 0.25) is 0 Å². The molecule has 0 unspecified atom stereocenters. The van der Waals surface area contributed by atoms with E-state index in [0.717, 1.165) is 15.6 Å². The molecule has 23 heavy (non-hydrogen) atoms. The average molecular weight is 356 g/mol. The third kappa shape index (κ3) is 4.59. The summed E-state index contributed by atoms with van der Waals surface area (Å²) in [7, 11) is 0. The number of carbonyl (C=O) groups excluding carboxylic acids is 1. The lowest BCUT2D eigenvalue weighted by Gasteiger charge is -2.22. The molecule has 1 amide bonds. The van der Waals surface area contributed by atoms with Gasteiger partial charge in [-0.3, -0.25) is 0 Å². The first-order chi connectivity index (χ1) is 10.7. The van der Waals surface area contributed by atoms with Gasteiger partial charge in [-0.2, -0.15) is 0 Å². The maximum Gasteiger partial charge on any atom is 0.408 e. The summed E-state index contributed by atoms with van der Waals surface area (Å²) < 4.78 is 6.02. The van der Waals surface area contributed by atoms with Crippen molar-refractivity contribution < 1.29 is 19.4 Å². The standard InChI is InChI=1S/C16H18ClNO4S/c1-16(2,3)22-15(21)18-12(14(19)20)7-9-8-23-13-10(9)5-4-6-11(13)17/h4-6,8,12H,7H2,1-3H3,(H,18,21)(H,19,20)/t12-/m0/s1. The Morgan fingerprint density at radius 3 is 2.70 bits per heavy atom. The highest BCUT2D eigenvalue weighted by molar-refractivity contribution is 7.18. The van der Waals surface area contributed by atoms with E-state index in [1.54, 1.807) is 26.8 Å². The molecule has 2 aromatic rings. The molecule has 1 heterocycles. The van der Waals surface area contributed by atoms with Crippen molar-refractivity contribution in [2.24, 2.45) is 0 Å². The number of benzene rings is 1. The van der Waals surface area contributed by atoms with Crippen LogP contribution in [0.15, 0.2) is 23.6 Å². The largest absolute Gasteiger partial charge is 0.480 e. The van der Waals surface area contributed by atoms with Crippen LogP contribution in [0.25, 0.3) is 10.1 Å². The molecule has 1 aromatic carbocycles. The van der Waals surface area contributed by atoms with Crippen LogP contribution in [-0.2, 0) is 16.0 Å². The van der Waals surface area contributed by atoms with Gasteiger partial charge in [0, 0.05) is 6.42 Å². The first kappa shape index (κ1) is 17.6. The van der Waals surface area contributed by atoms with Gasteiger partial charge in [-0.1, -0.05) is 23.7 Å². The second-order valence-electron chi connectivity index (χ2n) is 6.12. The highest BCUT2D eigenvalue weighted by Gasteiger charge is 2.25. The Balaban J connectivity index is 2.17. The molecule has 2 rings (SSSR count). The van der Waals surface area contributed by atoms with Crippen LogP contribution < -0.4 is 5.32 Å². The Kier molecular flexibility index (Phi) is 5.16. The Hall–Kier alpha value is -1.79. The number of thiophene rings is 1. The van der Waals surface area contributed by atoms with Gasteiger partial charge >= 0.3 is 12.1 Å². The Bertz CT molecular complexity index is 735. The van der Waals surface area contributed by atoms with E-state index in [9.17, 15) is 14.7 Å². The van der Waals surface area contributed by atoms with Crippen LogP contribution in [0.3, 0.4) is 0 Å². The van der Waals surface area contributed by atoms with E-state index in [-0.39, 0.29) is 6.42 Å². The van der Waals surface area contributed by atoms with Crippen molar-refractivity contribution in [1.82, 2.24) is 5.32 Å². The number of carboxylic acid groups (broad SMARTS) is 1. The molecule has 0 aliphatic heterocycles. The summed E-state index contributed by atoms with van der Waals surface area (Å²) in [6.07, 6.45) is -0.586. The van der Waals surface area contributed by atoms with Gasteiger partial charge in [-0.05, 0) is 43.2 Å². The van der Waals surface area contributed by atoms with Crippen molar-refractivity contribution in [1.29, 1.82) is 0 Å². The summed E-state index contributed by atoms with van der Waals surface area (Å²) >= 11 is 7.59. The molecular formula is C16H18ClNO4S. The highest BCUT2D eigenvalue weighted by atomic mass is 35.5. The van der Waals surface area contributed by atoms with E-state index in [2.05, 4.69) is 5.32 Å². The van der Waals surface area contributed by atoms with Gasteiger partial charge in [-0.25, -0.2) is 9.59 Å². The van der Waals surface area contributed by atoms with E-state index in [1.807, 2.05) is 17.5 Å². The molecule has 1 atom stereocenters. The summed E-state index contributed by atoms with van der Waals surface area (Å²) in [5.41, 5.74) is 0.145. The predicted molar refractivity (Wildman–Crippen MR) is 91.3 cm³/mol. The van der Waals surface area contributed by atoms with Crippen LogP contribution in [-0.4, -0.2) is 28.8 Å². The quantitative estimate of drug-likeness (QED) is 0.866. The number of rotatable bonds is 4. The van der Waals surface area contributed by atoms with Crippen LogP contribution in [0, 0.1) is 0 Å². The van der Waals surface area contributed by atoms with Gasteiger partial charge in [-0.15, -0.1) is 11.3 Å². The van der Waals surface area contributed by atoms with Crippen molar-refractivity contribution in [2.75, 3.05) is 0 Å². The zero-order valence-electron chi connectivity index (χ0n) is 13.1. The fraction of sp³-hybridized carbons (Fsp3) is 0.375. The highest BCUT2D eigenvalue weighted by Crippen LogP contribution is 2.32. The maximum atomic E-state index is 11.8. The number of hydrogen-bond acceptors (Lipinski definition) is 4. The van der Waals surface area contributed by atoms with Crippen LogP contribution in [0.4, 0.5) is 4.79 Å². The van der Waals surface area contributed by atoms with E-state index < -0.39 is 23.7 Å². The maximum absolute atomic E-state index is 11.8. The van der Waals surface area contributed by atoms with Crippen LogP contribution in [0.5, 0.6) is 0 Å². The molecule has 0 spiro atoms. The fourth-order valence-corrected chi connectivity index (χ4v) is 3.40. The number of amides is 1. The molecule has 2 N–H and O–H groups in total. The van der Waals surface area contributed by atoms with E-state index in [0.29, 0.717) is 5.02 Å². The smallest absolute Gasteiger partial charge is 0.408 e. The number of halogens is 1. The monoisotopic (exact) mass is 355 g/mol. The number of aliphatic carboxylic acids is 1. The van der Waals surface area contributed by atoms with E-state index in [1.165, 1.54) is 11.3 Å². The lowest BCUT2D eigenvalue weighted by atomic mass is 10.1. The molecule has 0 fully saturated rings. The number of nitrogens with one attached hydrogen (secondary N) is 1. The molecule has 0 radical (unpaired) electrons. The molecule has 0 aliphatic carbocycles. The second-order valence-corrected chi connectivity index (χ2v) is 7.41. The number of carboxylic acids is 1. The van der Waals surface area contributed by atoms with Crippen molar-refractivity contribution in [2.45, 2.75) is 38.8 Å². The van der Waals surface area contributed by atoms with E-state index >= 15 is 0 Å². The third-order valence-electron chi connectivity index (χ3n) is 3.05. The number of hydrogen-bond donors (Lipinski definition) is 2. The molecule has 5 nitrogen and oxygen atoms in total. The minimum absolute atomic E-state index is 0.162. The van der Waals surface area contributed by atoms with Gasteiger partial charge in [0.1, 0.15) is 11.6 Å². The van der Waals surface area contributed by atoms with Crippen LogP contribution in [0.1, 0.15) is 26.3 Å². The SMILES string of the molecule is CC(C)(C)OC(=O)N[C@@H](Cc1csc2c(Cl)cccc12)C(=O)O. The van der Waals surface area contributed by atoms with Crippen LogP contribution in [0.2, 0.25) is 5.02 Å². The Labute approximate surface area is 143 Å². The summed E-state index contributed by atoms with van der Waals surface area (Å²) in [6.45, 7) is 5.16. The van der Waals surface area contributed by atoms with Crippen LogP contribution >= 0.6 is 22.9 Å². The fourth-order valence-electron chi connectivity index (χ4n) is 2.10. The molecule has 0 saturated heterocycles. The molecule has 0 bridgehead atoms. The number of ether oxygens (including phenoxy) is 1. The van der Waals surface area contributed by atoms with Crippen molar-refractivity contribution in [3.05, 3.63) is 34.2 Å². The molecule has 124 valence electrons. The lowest BCUT2D eigenvalue weighted by molar-refractivity contribution is -0.139. The van der Waals surface area contributed by atoms with Gasteiger partial charge in [0.15, 0.2) is 0 Å². The summed E-state index contributed by atoms with van der Waals surface area (Å²) in [5.74, 6) is -1.11. The van der Waals surface area contributed by atoms with Crippen molar-refractivity contribution in [3.63, 3.8) is 0 Å². The van der Waals surface area contributed by atoms with Crippen molar-refractivity contribution >= 4 is 45.1 Å². The van der Waals surface area contributed by atoms with Gasteiger partial charge in [0.25, 0.3) is 0 Å². The number of carbonyl (C=O) groups is 2. The van der Waals surface area contributed by atoms with Gasteiger partial charge in [0.05, 0.1) is 9.72 Å². The third-order valence-corrected chi connectivity index (χ3v) is 4.55. The van der Waals surface area contributed by atoms with E-state index in [4.69, 9.17) is 16.3 Å². The normalized spacial score (nSPS) is 12.9. The Morgan fingerprint density at radius 2 is 2.09 bits per heavy atom. The molecular weight excluding hydrogens is 338 g/mol. The Morgan fingerprint density at radius 1 is 1.39 bits per heavy atom. The minimum atomic E-state index is -1.11. The first-order valence-corrected chi connectivity index (χ1v) is 8.30. The summed E-state index contributed by atoms with van der Waals surface area (Å²) in [6, 6.07) is 4.43. The molecule has 0 aliphatic rings. The first-order valence-electron chi connectivity index (χ1n) is 7.04. The summed E-state index contributed by atoms with van der Waals surface area (Å²) in [4.78, 5) is 23.2. The molecule has 7 heteroatoms. The second kappa shape index (κ2) is 6.76. The minimum Gasteiger partial charge on any atom is -0.480 e. The zero-order chi connectivity index (χ0) is 17.2. The van der Waals surface area contributed by atoms with Crippen molar-refractivity contribution in [3.8, 4) is 0 Å². The van der Waals surface area contributed by atoms with Gasteiger partial charge < -0.3 is 15.2 Å². The molecule has 0 saturated carbocycles. The number of fused-ring (bicyclic) bond motifs is 1. The predicted octanol–water partition coefficient (Wildman–Crippen LogP) is 4.08. The lowest BCUT2D eigenvalue weighted by Crippen LogP contribution is -2.44. The summed E-state index contributed by atoms with van der Waals surface area (Å²) in [5, 5.41) is 15.2. The molecule has 1 aromatic heterocycles. The zero-order valence-corrected chi connectivity index (χ0v) is 14.6. The average Bonchev–Trinajstić information content (AvgIpc) is 2.80. The topological polar surface area (TPSA) is 75.6 Å². The number of alkyl carbamates (subject to hydrolysis) is 1.